The van der Waals surface area contributed by atoms with E-state index in [1.807, 2.05) is 7.05 Å². The van der Waals surface area contributed by atoms with Crippen molar-refractivity contribution < 1.29 is 4.79 Å². The quantitative estimate of drug-likeness (QED) is 0.405. The molecular formula is C16H31N5O. The number of hydrogen-bond acceptors (Lipinski definition) is 3. The number of amides is 1. The van der Waals surface area contributed by atoms with Gasteiger partial charge in [0.2, 0.25) is 5.91 Å². The van der Waals surface area contributed by atoms with E-state index in [-0.39, 0.29) is 16.9 Å². The van der Waals surface area contributed by atoms with Gasteiger partial charge in [-0.15, -0.1) is 0 Å². The zero-order valence-corrected chi connectivity index (χ0v) is 14.5. The van der Waals surface area contributed by atoms with Crippen molar-refractivity contribution >= 4 is 11.9 Å². The maximum Gasteiger partial charge on any atom is 0.220 e. The van der Waals surface area contributed by atoms with E-state index in [2.05, 4.69) is 46.6 Å². The monoisotopic (exact) mass is 309 g/mol. The minimum atomic E-state index is 0.108. The second-order valence-corrected chi connectivity index (χ2v) is 7.63. The van der Waals surface area contributed by atoms with E-state index in [1.54, 1.807) is 0 Å². The van der Waals surface area contributed by atoms with Crippen LogP contribution in [0.15, 0.2) is 4.99 Å². The average molecular weight is 309 g/mol. The number of nitrogens with zero attached hydrogens (tertiary/aromatic N) is 2. The fourth-order valence-corrected chi connectivity index (χ4v) is 3.37. The molecule has 0 aliphatic carbocycles. The number of nitrogens with one attached hydrogen (secondary N) is 3. The summed E-state index contributed by atoms with van der Waals surface area (Å²) in [6, 6.07) is 0. The Morgan fingerprint density at radius 2 is 2.18 bits per heavy atom. The van der Waals surface area contributed by atoms with Crippen molar-refractivity contribution in [3.8, 4) is 0 Å². The number of aliphatic imine (C=N–C) groups is 1. The van der Waals surface area contributed by atoms with Gasteiger partial charge in [-0.1, -0.05) is 0 Å². The lowest BCUT2D eigenvalue weighted by atomic mass is 9.79. The molecule has 0 aromatic carbocycles. The molecular weight excluding hydrogens is 278 g/mol. The largest absolute Gasteiger partial charge is 0.355 e. The summed E-state index contributed by atoms with van der Waals surface area (Å²) in [5, 5.41) is 9.90. The summed E-state index contributed by atoms with van der Waals surface area (Å²) in [7, 11) is 1.83. The molecule has 1 amide bonds. The molecule has 1 atom stereocenters. The Bertz CT molecular complexity index is 429. The van der Waals surface area contributed by atoms with Crippen LogP contribution in [0.3, 0.4) is 0 Å². The third kappa shape index (κ3) is 4.60. The van der Waals surface area contributed by atoms with Gasteiger partial charge in [0.05, 0.1) is 0 Å². The molecule has 6 heteroatoms. The molecule has 0 aromatic heterocycles. The van der Waals surface area contributed by atoms with Gasteiger partial charge in [-0.25, -0.2) is 0 Å². The highest BCUT2D eigenvalue weighted by Gasteiger charge is 2.42. The summed E-state index contributed by atoms with van der Waals surface area (Å²) in [6.45, 7) is 11.0. The van der Waals surface area contributed by atoms with E-state index in [0.29, 0.717) is 6.42 Å². The van der Waals surface area contributed by atoms with Crippen LogP contribution in [0.4, 0.5) is 0 Å². The van der Waals surface area contributed by atoms with Crippen LogP contribution < -0.4 is 16.0 Å². The summed E-state index contributed by atoms with van der Waals surface area (Å²) in [5.74, 6) is 1.15. The first kappa shape index (κ1) is 17.1. The molecule has 2 fully saturated rings. The van der Waals surface area contributed by atoms with Gasteiger partial charge in [0.25, 0.3) is 0 Å². The summed E-state index contributed by atoms with van der Waals surface area (Å²) in [4.78, 5) is 18.3. The van der Waals surface area contributed by atoms with Crippen molar-refractivity contribution in [1.82, 2.24) is 20.9 Å². The maximum atomic E-state index is 11.6. The van der Waals surface area contributed by atoms with Crippen LogP contribution in [0.5, 0.6) is 0 Å². The highest BCUT2D eigenvalue weighted by atomic mass is 16.1. The average Bonchev–Trinajstić information content (AvgIpc) is 2.78. The van der Waals surface area contributed by atoms with E-state index in [0.717, 1.165) is 51.5 Å². The Balaban J connectivity index is 1.84. The summed E-state index contributed by atoms with van der Waals surface area (Å²) in [5.41, 5.74) is 0.243. The molecule has 22 heavy (non-hydrogen) atoms. The van der Waals surface area contributed by atoms with Gasteiger partial charge in [0.15, 0.2) is 5.96 Å². The van der Waals surface area contributed by atoms with E-state index in [4.69, 9.17) is 0 Å². The molecule has 126 valence electrons. The SMILES string of the molecule is CN=C(NCCNC(C)(C)C)N1CCCC2(CNC(=O)C2)C1. The first-order valence-electron chi connectivity index (χ1n) is 8.31. The molecule has 0 aromatic rings. The van der Waals surface area contributed by atoms with Crippen LogP contribution >= 0.6 is 0 Å². The minimum absolute atomic E-state index is 0.108. The van der Waals surface area contributed by atoms with Gasteiger partial charge in [-0.05, 0) is 33.6 Å². The Morgan fingerprint density at radius 3 is 2.77 bits per heavy atom. The highest BCUT2D eigenvalue weighted by Crippen LogP contribution is 2.35. The normalized spacial score (nSPS) is 26.5. The lowest BCUT2D eigenvalue weighted by Crippen LogP contribution is -2.52. The zero-order valence-electron chi connectivity index (χ0n) is 14.5. The minimum Gasteiger partial charge on any atom is -0.355 e. The van der Waals surface area contributed by atoms with Gasteiger partial charge < -0.3 is 20.9 Å². The standard InChI is InChI=1S/C16H31N5O/c1-15(2,3)20-8-7-18-14(17-4)21-9-5-6-16(12-21)10-13(22)19-11-16/h20H,5-12H2,1-4H3,(H,17,18)(H,19,22). The number of likely N-dealkylation sites (tertiary alicyclic amines) is 1. The Hall–Kier alpha value is -1.30. The molecule has 0 bridgehead atoms. The van der Waals surface area contributed by atoms with Crippen molar-refractivity contribution in [3.05, 3.63) is 0 Å². The van der Waals surface area contributed by atoms with Crippen molar-refractivity contribution in [3.63, 3.8) is 0 Å². The molecule has 2 rings (SSSR count). The predicted molar refractivity (Wildman–Crippen MR) is 90.0 cm³/mol. The fourth-order valence-electron chi connectivity index (χ4n) is 3.37. The number of hydrogen-bond donors (Lipinski definition) is 3. The van der Waals surface area contributed by atoms with Crippen LogP contribution in [0.2, 0.25) is 0 Å². The number of piperidine rings is 1. The lowest BCUT2D eigenvalue weighted by molar-refractivity contribution is -0.119. The smallest absolute Gasteiger partial charge is 0.220 e. The Labute approximate surface area is 134 Å². The molecule has 2 aliphatic heterocycles. The van der Waals surface area contributed by atoms with Gasteiger partial charge in [-0.3, -0.25) is 9.79 Å². The molecule has 2 aliphatic rings. The maximum absolute atomic E-state index is 11.6. The summed E-state index contributed by atoms with van der Waals surface area (Å²) >= 11 is 0. The molecule has 3 N–H and O–H groups in total. The summed E-state index contributed by atoms with van der Waals surface area (Å²) in [6.07, 6.45) is 2.91. The number of carbonyl (C=O) groups excluding carboxylic acids is 1. The van der Waals surface area contributed by atoms with Crippen LogP contribution in [-0.2, 0) is 4.79 Å². The van der Waals surface area contributed by atoms with E-state index in [9.17, 15) is 4.79 Å². The molecule has 6 nitrogen and oxygen atoms in total. The molecule has 0 saturated carbocycles. The topological polar surface area (TPSA) is 68.8 Å². The number of rotatable bonds is 3. The molecule has 0 radical (unpaired) electrons. The van der Waals surface area contributed by atoms with Crippen LogP contribution in [-0.4, -0.2) is 62.1 Å². The van der Waals surface area contributed by atoms with Gasteiger partial charge in [-0.2, -0.15) is 0 Å². The van der Waals surface area contributed by atoms with E-state index >= 15 is 0 Å². The van der Waals surface area contributed by atoms with Crippen molar-refractivity contribution in [1.29, 1.82) is 0 Å². The van der Waals surface area contributed by atoms with Crippen LogP contribution in [0, 0.1) is 5.41 Å². The molecule has 2 heterocycles. The predicted octanol–water partition coefficient (Wildman–Crippen LogP) is 0.552. The lowest BCUT2D eigenvalue weighted by Gasteiger charge is -2.40. The first-order chi connectivity index (χ1) is 10.3. The second kappa shape index (κ2) is 6.86. The van der Waals surface area contributed by atoms with Gasteiger partial charge in [0.1, 0.15) is 0 Å². The summed E-state index contributed by atoms with van der Waals surface area (Å²) < 4.78 is 0. The fraction of sp³-hybridized carbons (Fsp3) is 0.875. The second-order valence-electron chi connectivity index (χ2n) is 7.63. The van der Waals surface area contributed by atoms with E-state index in [1.165, 1.54) is 0 Å². The van der Waals surface area contributed by atoms with Gasteiger partial charge in [0, 0.05) is 57.1 Å². The van der Waals surface area contributed by atoms with Crippen LogP contribution in [0.1, 0.15) is 40.0 Å². The molecule has 1 spiro atoms. The van der Waals surface area contributed by atoms with Crippen LogP contribution in [0.25, 0.3) is 0 Å². The Morgan fingerprint density at radius 1 is 1.41 bits per heavy atom. The highest BCUT2D eigenvalue weighted by molar-refractivity contribution is 5.81. The third-order valence-corrected chi connectivity index (χ3v) is 4.43. The number of carbonyl (C=O) groups is 1. The van der Waals surface area contributed by atoms with E-state index < -0.39 is 0 Å². The molecule has 2 saturated heterocycles. The third-order valence-electron chi connectivity index (χ3n) is 4.43. The van der Waals surface area contributed by atoms with Crippen molar-refractivity contribution in [2.75, 3.05) is 39.8 Å². The van der Waals surface area contributed by atoms with Crippen molar-refractivity contribution in [2.45, 2.75) is 45.6 Å². The van der Waals surface area contributed by atoms with Gasteiger partial charge >= 0.3 is 0 Å². The first-order valence-corrected chi connectivity index (χ1v) is 8.31. The Kier molecular flexibility index (Phi) is 5.32. The number of guanidine groups is 1. The molecule has 1 unspecified atom stereocenters. The van der Waals surface area contributed by atoms with Crippen molar-refractivity contribution in [2.24, 2.45) is 10.4 Å². The zero-order chi connectivity index (χ0) is 16.2.